The number of nitrogens with one attached hydrogen (secondary N) is 2. The molecule has 0 spiro atoms. The quantitative estimate of drug-likeness (QED) is 0.843. The Labute approximate surface area is 123 Å². The van der Waals surface area contributed by atoms with Crippen molar-refractivity contribution in [3.8, 4) is 0 Å². The van der Waals surface area contributed by atoms with Crippen molar-refractivity contribution in [1.82, 2.24) is 10.2 Å². The van der Waals surface area contributed by atoms with Gasteiger partial charge in [-0.25, -0.2) is 0 Å². The second-order valence-corrected chi connectivity index (χ2v) is 5.30. The molecule has 4 nitrogen and oxygen atoms in total. The predicted octanol–water partition coefficient (Wildman–Crippen LogP) is 3.84. The number of H-pyrrole nitrogens is 1. The van der Waals surface area contributed by atoms with E-state index in [0.717, 1.165) is 12.1 Å². The zero-order chi connectivity index (χ0) is 15.5. The van der Waals surface area contributed by atoms with Gasteiger partial charge in [0.2, 0.25) is 0 Å². The molecule has 0 unspecified atom stereocenters. The highest BCUT2D eigenvalue weighted by Crippen LogP contribution is 2.36. The van der Waals surface area contributed by atoms with E-state index in [4.69, 9.17) is 0 Å². The lowest BCUT2D eigenvalue weighted by Gasteiger charge is -2.06. The molecule has 21 heavy (non-hydrogen) atoms. The molecule has 0 fully saturated rings. The molecule has 112 valence electrons. The number of anilines is 1. The number of benzene rings is 1. The lowest BCUT2D eigenvalue weighted by molar-refractivity contribution is -0.0328. The molecule has 2 rings (SSSR count). The summed E-state index contributed by atoms with van der Waals surface area (Å²) in [5.41, 5.74) is -3.19. The van der Waals surface area contributed by atoms with E-state index >= 15 is 0 Å². The SMILES string of the molecule is CCc1cc(NC(=O)c2ccc(SC(F)(F)F)cc2)n[nH]1. The minimum absolute atomic E-state index is 0.0343. The lowest BCUT2D eigenvalue weighted by atomic mass is 10.2. The van der Waals surface area contributed by atoms with Crippen LogP contribution >= 0.6 is 11.8 Å². The summed E-state index contributed by atoms with van der Waals surface area (Å²) >= 11 is -0.218. The number of carbonyl (C=O) groups excluding carboxylic acids is 1. The Bertz CT molecular complexity index is 622. The van der Waals surface area contributed by atoms with E-state index in [0.29, 0.717) is 5.82 Å². The first-order chi connectivity index (χ1) is 9.87. The van der Waals surface area contributed by atoms with Crippen LogP contribution in [0.15, 0.2) is 35.2 Å². The Morgan fingerprint density at radius 2 is 2.00 bits per heavy atom. The maximum atomic E-state index is 12.2. The van der Waals surface area contributed by atoms with Gasteiger partial charge in [0.25, 0.3) is 5.91 Å². The maximum absolute atomic E-state index is 12.2. The van der Waals surface area contributed by atoms with Crippen LogP contribution in [0.2, 0.25) is 0 Å². The highest BCUT2D eigenvalue weighted by molar-refractivity contribution is 8.00. The van der Waals surface area contributed by atoms with Crippen LogP contribution in [0.1, 0.15) is 23.0 Å². The van der Waals surface area contributed by atoms with Gasteiger partial charge in [-0.05, 0) is 42.4 Å². The fraction of sp³-hybridized carbons (Fsp3) is 0.231. The van der Waals surface area contributed by atoms with Crippen LogP contribution < -0.4 is 5.32 Å². The molecule has 1 amide bonds. The first-order valence-electron chi connectivity index (χ1n) is 6.09. The van der Waals surface area contributed by atoms with E-state index in [9.17, 15) is 18.0 Å². The van der Waals surface area contributed by atoms with Crippen molar-refractivity contribution in [3.05, 3.63) is 41.6 Å². The molecule has 0 radical (unpaired) electrons. The first kappa shape index (κ1) is 15.4. The topological polar surface area (TPSA) is 57.8 Å². The summed E-state index contributed by atoms with van der Waals surface area (Å²) in [5.74, 6) is -0.0432. The van der Waals surface area contributed by atoms with E-state index < -0.39 is 11.4 Å². The average Bonchev–Trinajstić information content (AvgIpc) is 2.85. The second-order valence-electron chi connectivity index (χ2n) is 4.16. The molecule has 0 bridgehead atoms. The number of halogens is 3. The van der Waals surface area contributed by atoms with Crippen LogP contribution in [0.4, 0.5) is 19.0 Å². The maximum Gasteiger partial charge on any atom is 0.446 e. The summed E-state index contributed by atoms with van der Waals surface area (Å²) < 4.78 is 36.6. The Kier molecular flexibility index (Phi) is 4.56. The van der Waals surface area contributed by atoms with Crippen molar-refractivity contribution in [2.24, 2.45) is 0 Å². The molecule has 0 saturated heterocycles. The normalized spacial score (nSPS) is 11.4. The van der Waals surface area contributed by atoms with Gasteiger partial charge >= 0.3 is 5.51 Å². The van der Waals surface area contributed by atoms with E-state index in [1.165, 1.54) is 24.3 Å². The molecular weight excluding hydrogens is 303 g/mol. The van der Waals surface area contributed by atoms with Crippen molar-refractivity contribution in [3.63, 3.8) is 0 Å². The number of aromatic amines is 1. The van der Waals surface area contributed by atoms with Crippen LogP contribution in [0.25, 0.3) is 0 Å². The van der Waals surface area contributed by atoms with Crippen LogP contribution in [0.5, 0.6) is 0 Å². The number of aryl methyl sites for hydroxylation is 1. The number of nitrogens with zero attached hydrogens (tertiary/aromatic N) is 1. The predicted molar refractivity (Wildman–Crippen MR) is 74.3 cm³/mol. The molecule has 8 heteroatoms. The molecule has 2 aromatic rings. The highest BCUT2D eigenvalue weighted by Gasteiger charge is 2.29. The number of hydrogen-bond acceptors (Lipinski definition) is 3. The number of thioether (sulfide) groups is 1. The number of amides is 1. The Morgan fingerprint density at radius 3 is 2.52 bits per heavy atom. The van der Waals surface area contributed by atoms with Gasteiger partial charge in [-0.15, -0.1) is 0 Å². The molecular formula is C13H12F3N3OS. The minimum Gasteiger partial charge on any atom is -0.305 e. The van der Waals surface area contributed by atoms with Crippen LogP contribution in [-0.4, -0.2) is 21.6 Å². The Hall–Kier alpha value is -1.96. The molecule has 1 aromatic carbocycles. The standard InChI is InChI=1S/C13H12F3N3OS/c1-2-9-7-11(19-18-9)17-12(20)8-3-5-10(6-4-8)21-13(14,15)16/h3-7H,2H2,1H3,(H2,17,18,19,20). The summed E-state index contributed by atoms with van der Waals surface area (Å²) in [5, 5.41) is 9.23. The third-order valence-electron chi connectivity index (χ3n) is 2.60. The summed E-state index contributed by atoms with van der Waals surface area (Å²) in [6, 6.07) is 6.91. The van der Waals surface area contributed by atoms with Crippen molar-refractivity contribution < 1.29 is 18.0 Å². The highest BCUT2D eigenvalue weighted by atomic mass is 32.2. The monoisotopic (exact) mass is 315 g/mol. The number of rotatable bonds is 4. The smallest absolute Gasteiger partial charge is 0.305 e. The zero-order valence-corrected chi connectivity index (χ0v) is 11.8. The number of aromatic nitrogens is 2. The molecule has 0 aliphatic heterocycles. The largest absolute Gasteiger partial charge is 0.446 e. The average molecular weight is 315 g/mol. The fourth-order valence-corrected chi connectivity index (χ4v) is 2.14. The summed E-state index contributed by atoms with van der Waals surface area (Å²) in [7, 11) is 0. The lowest BCUT2D eigenvalue weighted by Crippen LogP contribution is -2.12. The van der Waals surface area contributed by atoms with Gasteiger partial charge < -0.3 is 5.32 Å². The van der Waals surface area contributed by atoms with Gasteiger partial charge in [0.1, 0.15) is 0 Å². The zero-order valence-electron chi connectivity index (χ0n) is 11.0. The van der Waals surface area contributed by atoms with E-state index in [-0.39, 0.29) is 22.2 Å². The molecule has 1 heterocycles. The molecule has 1 aromatic heterocycles. The van der Waals surface area contributed by atoms with Crippen LogP contribution in [0, 0.1) is 0 Å². The fourth-order valence-electron chi connectivity index (χ4n) is 1.60. The van der Waals surface area contributed by atoms with Gasteiger partial charge in [-0.2, -0.15) is 18.3 Å². The second kappa shape index (κ2) is 6.21. The van der Waals surface area contributed by atoms with Gasteiger partial charge in [0.05, 0.1) is 0 Å². The van der Waals surface area contributed by atoms with E-state index in [2.05, 4.69) is 15.5 Å². The van der Waals surface area contributed by atoms with Gasteiger partial charge in [0, 0.05) is 22.2 Å². The van der Waals surface area contributed by atoms with E-state index in [1.807, 2.05) is 6.92 Å². The number of carbonyl (C=O) groups is 1. The summed E-state index contributed by atoms with van der Waals surface area (Å²) in [6.07, 6.45) is 0.756. The summed E-state index contributed by atoms with van der Waals surface area (Å²) in [6.45, 7) is 1.94. The van der Waals surface area contributed by atoms with Crippen LogP contribution in [0.3, 0.4) is 0 Å². The molecule has 0 aliphatic carbocycles. The van der Waals surface area contributed by atoms with Gasteiger partial charge in [-0.1, -0.05) is 6.92 Å². The van der Waals surface area contributed by atoms with Crippen molar-refractivity contribution in [2.45, 2.75) is 23.7 Å². The summed E-state index contributed by atoms with van der Waals surface area (Å²) in [4.78, 5) is 11.9. The first-order valence-corrected chi connectivity index (χ1v) is 6.90. The van der Waals surface area contributed by atoms with E-state index in [1.54, 1.807) is 6.07 Å². The molecule has 2 N–H and O–H groups in total. The van der Waals surface area contributed by atoms with Crippen LogP contribution in [-0.2, 0) is 6.42 Å². The number of alkyl halides is 3. The third-order valence-corrected chi connectivity index (χ3v) is 3.34. The molecule has 0 atom stereocenters. The number of hydrogen-bond donors (Lipinski definition) is 2. The molecule has 0 saturated carbocycles. The van der Waals surface area contributed by atoms with Crippen molar-refractivity contribution in [2.75, 3.05) is 5.32 Å². The Balaban J connectivity index is 2.02. The minimum atomic E-state index is -4.34. The van der Waals surface area contributed by atoms with Gasteiger partial charge in [0.15, 0.2) is 5.82 Å². The van der Waals surface area contributed by atoms with Crippen molar-refractivity contribution in [1.29, 1.82) is 0 Å². The van der Waals surface area contributed by atoms with Gasteiger partial charge in [-0.3, -0.25) is 9.89 Å². The Morgan fingerprint density at radius 1 is 1.33 bits per heavy atom. The molecule has 0 aliphatic rings. The van der Waals surface area contributed by atoms with Crippen molar-refractivity contribution >= 4 is 23.5 Å². The third kappa shape index (κ3) is 4.52.